The molecule has 1 saturated heterocycles. The minimum absolute atomic E-state index is 0.0611. The van der Waals surface area contributed by atoms with Crippen molar-refractivity contribution in [1.29, 1.82) is 0 Å². The van der Waals surface area contributed by atoms with Gasteiger partial charge in [0.2, 0.25) is 0 Å². The van der Waals surface area contributed by atoms with Crippen LogP contribution >= 0.6 is 28.1 Å². The van der Waals surface area contributed by atoms with E-state index in [-0.39, 0.29) is 24.0 Å². The maximum absolute atomic E-state index is 13.7. The number of H-pyrrole nitrogens is 1. The quantitative estimate of drug-likeness (QED) is 0.336. The zero-order valence-corrected chi connectivity index (χ0v) is 21.8. The number of nitrogens with one attached hydrogen (secondary N) is 1. The van der Waals surface area contributed by atoms with Crippen LogP contribution < -0.4 is 0 Å². The Balaban J connectivity index is 1.51. The molecule has 1 amide bonds. The predicted molar refractivity (Wildman–Crippen MR) is 144 cm³/mol. The number of hydrogen-bond acceptors (Lipinski definition) is 4. The highest BCUT2D eigenvalue weighted by molar-refractivity contribution is 9.10. The molecular weight excluding hydrogens is 522 g/mol. The van der Waals surface area contributed by atoms with Gasteiger partial charge in [0.15, 0.2) is 5.11 Å². The van der Waals surface area contributed by atoms with E-state index in [1.165, 1.54) is 11.9 Å². The van der Waals surface area contributed by atoms with Crippen molar-refractivity contribution in [2.75, 3.05) is 0 Å². The van der Waals surface area contributed by atoms with Crippen molar-refractivity contribution in [2.45, 2.75) is 44.8 Å². The minimum atomic E-state index is -0.311. The van der Waals surface area contributed by atoms with Crippen molar-refractivity contribution < 1.29 is 4.79 Å². The molecule has 0 saturated carbocycles. The maximum atomic E-state index is 13.7. The molecule has 6 nitrogen and oxygen atoms in total. The Bertz CT molecular complexity index is 1450. The number of thiocarbonyl (C=S) groups is 1. The van der Waals surface area contributed by atoms with Gasteiger partial charge in [0.25, 0.3) is 5.91 Å². The molecule has 35 heavy (non-hydrogen) atoms. The summed E-state index contributed by atoms with van der Waals surface area (Å²) in [6.45, 7) is 4.16. The Morgan fingerprint density at radius 3 is 2.60 bits per heavy atom. The fourth-order valence-electron chi connectivity index (χ4n) is 5.36. The topological polar surface area (TPSA) is 65.1 Å². The number of aromatic amines is 1. The van der Waals surface area contributed by atoms with Crippen LogP contribution in [-0.2, 0) is 11.2 Å². The first-order valence-corrected chi connectivity index (χ1v) is 13.0. The molecule has 3 unspecified atom stereocenters. The van der Waals surface area contributed by atoms with Crippen LogP contribution in [-0.4, -0.2) is 47.9 Å². The van der Waals surface area contributed by atoms with E-state index < -0.39 is 0 Å². The molecule has 2 aliphatic rings. The summed E-state index contributed by atoms with van der Waals surface area (Å²) in [5.74, 6) is 0.0994. The first kappa shape index (κ1) is 22.4. The lowest BCUT2D eigenvalue weighted by molar-refractivity contribution is -0.129. The van der Waals surface area contributed by atoms with Gasteiger partial charge in [-0.25, -0.2) is 9.97 Å². The summed E-state index contributed by atoms with van der Waals surface area (Å²) in [6.07, 6.45) is 6.64. The van der Waals surface area contributed by atoms with Crippen LogP contribution in [0.4, 0.5) is 0 Å². The number of carbonyl (C=O) groups is 1. The molecule has 0 aliphatic carbocycles. The van der Waals surface area contributed by atoms with Crippen LogP contribution in [0.3, 0.4) is 0 Å². The van der Waals surface area contributed by atoms with Gasteiger partial charge in [-0.15, -0.1) is 0 Å². The summed E-state index contributed by atoms with van der Waals surface area (Å²) >= 11 is 9.58. The van der Waals surface area contributed by atoms with Crippen molar-refractivity contribution in [3.8, 4) is 11.1 Å². The summed E-state index contributed by atoms with van der Waals surface area (Å²) in [5, 5.41) is 1.77. The van der Waals surface area contributed by atoms with E-state index in [1.54, 1.807) is 0 Å². The van der Waals surface area contributed by atoms with Gasteiger partial charge in [-0.3, -0.25) is 9.69 Å². The third-order valence-corrected chi connectivity index (χ3v) is 8.19. The van der Waals surface area contributed by atoms with Crippen molar-refractivity contribution in [3.63, 3.8) is 0 Å². The number of benzene rings is 2. The van der Waals surface area contributed by atoms with Crippen molar-refractivity contribution in [2.24, 2.45) is 0 Å². The molecule has 2 aromatic carbocycles. The molecule has 0 spiro atoms. The zero-order valence-electron chi connectivity index (χ0n) is 19.4. The van der Waals surface area contributed by atoms with Gasteiger partial charge in [0.05, 0.1) is 6.04 Å². The Labute approximate surface area is 217 Å². The lowest BCUT2D eigenvalue weighted by Crippen LogP contribution is -2.44. The predicted octanol–water partition coefficient (Wildman–Crippen LogP) is 5.63. The third-order valence-electron chi connectivity index (χ3n) is 7.29. The Morgan fingerprint density at radius 1 is 1.14 bits per heavy atom. The number of hydrogen-bond donors (Lipinski definition) is 1. The molecule has 0 bridgehead atoms. The molecule has 2 aromatic heterocycles. The van der Waals surface area contributed by atoms with E-state index in [1.807, 2.05) is 23.4 Å². The van der Waals surface area contributed by atoms with Crippen molar-refractivity contribution in [3.05, 3.63) is 82.5 Å². The second kappa shape index (κ2) is 8.53. The second-order valence-electron chi connectivity index (χ2n) is 9.23. The molecule has 0 radical (unpaired) electrons. The molecule has 4 heterocycles. The first-order chi connectivity index (χ1) is 17.0. The van der Waals surface area contributed by atoms with Crippen LogP contribution in [0.5, 0.6) is 0 Å². The van der Waals surface area contributed by atoms with Gasteiger partial charge < -0.3 is 9.88 Å². The Hall–Kier alpha value is -3.10. The van der Waals surface area contributed by atoms with Crippen LogP contribution in [0.15, 0.2) is 65.7 Å². The van der Waals surface area contributed by atoms with Crippen molar-refractivity contribution >= 4 is 50.1 Å². The van der Waals surface area contributed by atoms with Gasteiger partial charge in [0, 0.05) is 51.5 Å². The number of rotatable bonds is 4. The van der Waals surface area contributed by atoms with Gasteiger partial charge in [-0.1, -0.05) is 47.1 Å². The monoisotopic (exact) mass is 545 g/mol. The Kier molecular flexibility index (Phi) is 5.45. The number of aromatic nitrogens is 3. The molecule has 2 aliphatic heterocycles. The van der Waals surface area contributed by atoms with Crippen LogP contribution in [0, 0.1) is 0 Å². The normalized spacial score (nSPS) is 20.3. The number of halogens is 1. The smallest absolute Gasteiger partial charge is 0.252 e. The molecule has 1 N–H and O–H groups in total. The summed E-state index contributed by atoms with van der Waals surface area (Å²) in [7, 11) is 0. The lowest BCUT2D eigenvalue weighted by Gasteiger charge is -2.37. The maximum Gasteiger partial charge on any atom is 0.252 e. The van der Waals surface area contributed by atoms with E-state index in [9.17, 15) is 4.79 Å². The molecule has 4 aromatic rings. The second-order valence-corrected chi connectivity index (χ2v) is 10.5. The largest absolute Gasteiger partial charge is 0.356 e. The number of carbonyl (C=O) groups excluding carboxylic acids is 1. The van der Waals surface area contributed by atoms with Gasteiger partial charge in [0.1, 0.15) is 12.4 Å². The van der Waals surface area contributed by atoms with E-state index in [0.717, 1.165) is 44.2 Å². The van der Waals surface area contributed by atoms with Gasteiger partial charge in [-0.05, 0) is 60.5 Å². The third kappa shape index (κ3) is 3.50. The summed E-state index contributed by atoms with van der Waals surface area (Å²) in [5.41, 5.74) is 6.46. The van der Waals surface area contributed by atoms with Crippen LogP contribution in [0.2, 0.25) is 0 Å². The van der Waals surface area contributed by atoms with E-state index >= 15 is 0 Å². The Morgan fingerprint density at radius 2 is 1.89 bits per heavy atom. The first-order valence-electron chi connectivity index (χ1n) is 11.8. The summed E-state index contributed by atoms with van der Waals surface area (Å²) in [4.78, 5) is 29.6. The van der Waals surface area contributed by atoms with E-state index in [0.29, 0.717) is 11.5 Å². The standard InChI is InChI=1S/C27H24BrN5OS/c1-3-15(2)32-26(34)23-11-21-20-10-19(28)8-9-22(20)31-24(21)25(33(23)27(32)35)17-6-4-16(5-7-17)18-12-29-14-30-13-18/h4-10,12-15,23,25,31H,3,11H2,1-2H3. The van der Waals surface area contributed by atoms with E-state index in [4.69, 9.17) is 12.2 Å². The zero-order chi connectivity index (χ0) is 24.3. The van der Waals surface area contributed by atoms with E-state index in [2.05, 4.69) is 86.0 Å². The summed E-state index contributed by atoms with van der Waals surface area (Å²) in [6, 6.07) is 14.3. The minimum Gasteiger partial charge on any atom is -0.356 e. The van der Waals surface area contributed by atoms with Gasteiger partial charge in [-0.2, -0.15) is 0 Å². The average Bonchev–Trinajstić information content (AvgIpc) is 3.37. The van der Waals surface area contributed by atoms with Crippen molar-refractivity contribution in [1.82, 2.24) is 24.8 Å². The SMILES string of the molecule is CCC(C)N1C(=O)C2Cc3c([nH]c4ccc(Br)cc34)C(c3ccc(-c4cncnc4)cc3)N2C1=S. The molecule has 1 fully saturated rings. The van der Waals surface area contributed by atoms with Gasteiger partial charge >= 0.3 is 0 Å². The molecular formula is C27H24BrN5OS. The summed E-state index contributed by atoms with van der Waals surface area (Å²) < 4.78 is 1.02. The average molecular weight is 546 g/mol. The molecule has 176 valence electrons. The highest BCUT2D eigenvalue weighted by Gasteiger charge is 2.51. The molecule has 6 rings (SSSR count). The number of fused-ring (bicyclic) bond motifs is 4. The van der Waals surface area contributed by atoms with Crippen LogP contribution in [0.25, 0.3) is 22.0 Å². The van der Waals surface area contributed by atoms with Crippen LogP contribution in [0.1, 0.15) is 43.1 Å². The number of nitrogens with zero attached hydrogens (tertiary/aromatic N) is 4. The highest BCUT2D eigenvalue weighted by Crippen LogP contribution is 2.45. The fourth-order valence-corrected chi connectivity index (χ4v) is 6.22. The molecule has 8 heteroatoms. The lowest BCUT2D eigenvalue weighted by atomic mass is 9.88. The highest BCUT2D eigenvalue weighted by atomic mass is 79.9. The fraction of sp³-hybridized carbons (Fsp3) is 0.259. The number of amides is 1. The molecule has 3 atom stereocenters.